The van der Waals surface area contributed by atoms with Gasteiger partial charge in [0.15, 0.2) is 13.7 Å². The molecule has 0 aliphatic rings. The van der Waals surface area contributed by atoms with Gasteiger partial charge in [-0.1, -0.05) is 133 Å². The molecule has 8 aromatic rings. The van der Waals surface area contributed by atoms with Crippen LogP contribution in [-0.2, 0) is 0 Å². The molecule has 0 atom stereocenters. The van der Waals surface area contributed by atoms with E-state index < -0.39 is 8.07 Å². The Morgan fingerprint density at radius 1 is 0.463 bits per heavy atom. The molecule has 194 valence electrons. The normalized spacial score (nSPS) is 11.9. The van der Waals surface area contributed by atoms with Crippen LogP contribution in [0.25, 0.3) is 39.1 Å². The van der Waals surface area contributed by atoms with E-state index in [-0.39, 0.29) is 0 Å². The molecule has 0 amide bonds. The Morgan fingerprint density at radius 3 is 1.68 bits per heavy atom. The van der Waals surface area contributed by atoms with Crippen LogP contribution in [-0.4, -0.2) is 17.5 Å². The summed E-state index contributed by atoms with van der Waals surface area (Å²) in [5, 5.41) is 5.46. The van der Waals surface area contributed by atoms with Gasteiger partial charge in [0.05, 0.1) is 16.6 Å². The molecule has 0 aliphatic carbocycles. The summed E-state index contributed by atoms with van der Waals surface area (Å²) in [6.07, 6.45) is 0. The van der Waals surface area contributed by atoms with Gasteiger partial charge >= 0.3 is 5.84 Å². The van der Waals surface area contributed by atoms with Crippen LogP contribution in [0.1, 0.15) is 0 Å². The minimum Gasteiger partial charge on any atom is -0.423 e. The molecule has 4 heteroatoms. The van der Waals surface area contributed by atoms with Gasteiger partial charge < -0.3 is 4.42 Å². The molecular formula is C37H26N2OSi. The van der Waals surface area contributed by atoms with E-state index in [9.17, 15) is 0 Å². The summed E-state index contributed by atoms with van der Waals surface area (Å²) in [5.74, 6) is 0.621. The van der Waals surface area contributed by atoms with Gasteiger partial charge in [-0.05, 0) is 56.1 Å². The van der Waals surface area contributed by atoms with Gasteiger partial charge in [-0.3, -0.25) is 4.40 Å². The fraction of sp³-hybridized carbons (Fsp3) is 0. The lowest BCUT2D eigenvalue weighted by Gasteiger charge is -2.34. The third kappa shape index (κ3) is 3.69. The molecular weight excluding hydrogens is 517 g/mol. The molecule has 0 aliphatic heterocycles. The molecule has 0 N–H and O–H groups in total. The second-order valence-corrected chi connectivity index (χ2v) is 14.2. The van der Waals surface area contributed by atoms with Crippen molar-refractivity contribution in [1.82, 2.24) is 9.38 Å². The third-order valence-corrected chi connectivity index (χ3v) is 13.0. The van der Waals surface area contributed by atoms with Crippen molar-refractivity contribution in [2.24, 2.45) is 0 Å². The standard InChI is InChI=1S/C37H26N2OSi/c1-4-14-29(15-5-1)41(30-16-6-2-7-17-30,31-18-8-3-9-19-31)32-20-12-13-27(25-32)28-23-24-33-35(26-28)39-34-21-10-11-22-36(34)40-37(39)38-33/h1-26H. The van der Waals surface area contributed by atoms with E-state index in [0.717, 1.165) is 27.7 Å². The van der Waals surface area contributed by atoms with E-state index in [1.165, 1.54) is 26.3 Å². The van der Waals surface area contributed by atoms with Crippen molar-refractivity contribution in [3.05, 3.63) is 158 Å². The maximum atomic E-state index is 6.05. The molecule has 0 saturated heterocycles. The lowest BCUT2D eigenvalue weighted by molar-refractivity contribution is 0.643. The average molecular weight is 543 g/mol. The highest BCUT2D eigenvalue weighted by atomic mass is 28.3. The Hall–Kier alpha value is -5.19. The molecule has 0 unspecified atom stereocenters. The number of aromatic nitrogens is 2. The fourth-order valence-electron chi connectivity index (χ4n) is 6.36. The van der Waals surface area contributed by atoms with Gasteiger partial charge in [-0.25, -0.2) is 0 Å². The second-order valence-electron chi connectivity index (χ2n) is 10.4. The van der Waals surface area contributed by atoms with Crippen molar-refractivity contribution in [3.8, 4) is 11.1 Å². The lowest BCUT2D eigenvalue weighted by Crippen LogP contribution is -2.74. The van der Waals surface area contributed by atoms with Gasteiger partial charge in [-0.15, -0.1) is 0 Å². The molecule has 0 saturated carbocycles. The van der Waals surface area contributed by atoms with Crippen LogP contribution < -0.4 is 20.7 Å². The molecule has 6 aromatic carbocycles. The van der Waals surface area contributed by atoms with Gasteiger partial charge in [-0.2, -0.15) is 4.98 Å². The first kappa shape index (κ1) is 23.7. The molecule has 2 heterocycles. The van der Waals surface area contributed by atoms with Gasteiger partial charge in [0.25, 0.3) is 0 Å². The largest absolute Gasteiger partial charge is 0.423 e. The molecule has 0 fully saturated rings. The molecule has 3 nitrogen and oxygen atoms in total. The zero-order valence-electron chi connectivity index (χ0n) is 22.3. The fourth-order valence-corrected chi connectivity index (χ4v) is 11.2. The number of para-hydroxylation sites is 2. The Labute approximate surface area is 239 Å². The summed E-state index contributed by atoms with van der Waals surface area (Å²) in [4.78, 5) is 4.77. The minimum absolute atomic E-state index is 0.621. The zero-order valence-corrected chi connectivity index (χ0v) is 23.3. The number of rotatable bonds is 5. The summed E-state index contributed by atoms with van der Waals surface area (Å²) in [6.45, 7) is 0. The Bertz CT molecular complexity index is 2050. The van der Waals surface area contributed by atoms with Crippen molar-refractivity contribution in [2.75, 3.05) is 0 Å². The van der Waals surface area contributed by atoms with Crippen LogP contribution in [0.3, 0.4) is 0 Å². The van der Waals surface area contributed by atoms with Crippen LogP contribution in [0.2, 0.25) is 0 Å². The van der Waals surface area contributed by atoms with Crippen LogP contribution in [0.15, 0.2) is 162 Å². The molecule has 41 heavy (non-hydrogen) atoms. The van der Waals surface area contributed by atoms with Crippen molar-refractivity contribution in [2.45, 2.75) is 0 Å². The van der Waals surface area contributed by atoms with E-state index in [1.54, 1.807) is 0 Å². The minimum atomic E-state index is -2.61. The van der Waals surface area contributed by atoms with Crippen LogP contribution in [0, 0.1) is 0 Å². The summed E-state index contributed by atoms with van der Waals surface area (Å²) in [7, 11) is -2.61. The van der Waals surface area contributed by atoms with E-state index in [2.05, 4.69) is 144 Å². The lowest BCUT2D eigenvalue weighted by atomic mass is 10.1. The monoisotopic (exact) mass is 542 g/mol. The first-order valence-corrected chi connectivity index (χ1v) is 15.9. The summed E-state index contributed by atoms with van der Waals surface area (Å²) >= 11 is 0. The van der Waals surface area contributed by atoms with Gasteiger partial charge in [0.1, 0.15) is 0 Å². The number of imidazole rings is 1. The molecule has 0 bridgehead atoms. The molecule has 0 radical (unpaired) electrons. The summed E-state index contributed by atoms with van der Waals surface area (Å²) in [5.41, 5.74) is 6.19. The highest BCUT2D eigenvalue weighted by Crippen LogP contribution is 2.29. The van der Waals surface area contributed by atoms with E-state index in [0.29, 0.717) is 5.84 Å². The number of nitrogens with zero attached hydrogens (tertiary/aromatic N) is 2. The third-order valence-electron chi connectivity index (χ3n) is 8.18. The van der Waals surface area contributed by atoms with Crippen molar-refractivity contribution >= 4 is 56.8 Å². The van der Waals surface area contributed by atoms with Crippen molar-refractivity contribution < 1.29 is 4.42 Å². The Kier molecular flexibility index (Phi) is 5.47. The number of oxazole rings is 1. The van der Waals surface area contributed by atoms with E-state index in [1.807, 2.05) is 18.2 Å². The quantitative estimate of drug-likeness (QED) is 0.189. The SMILES string of the molecule is c1ccc([Si](c2ccccc2)(c2ccccc2)c2cccc(-c3ccc4nc5oc6ccccc6n5c4c3)c2)cc1. The Balaban J connectivity index is 1.38. The Morgan fingerprint density at radius 2 is 1.02 bits per heavy atom. The van der Waals surface area contributed by atoms with Crippen LogP contribution in [0.4, 0.5) is 0 Å². The van der Waals surface area contributed by atoms with Crippen LogP contribution in [0.5, 0.6) is 0 Å². The summed E-state index contributed by atoms with van der Waals surface area (Å²) < 4.78 is 8.17. The average Bonchev–Trinajstić information content (AvgIpc) is 3.59. The zero-order chi connectivity index (χ0) is 27.2. The van der Waals surface area contributed by atoms with Crippen molar-refractivity contribution in [3.63, 3.8) is 0 Å². The predicted octanol–water partition coefficient (Wildman–Crippen LogP) is 6.28. The van der Waals surface area contributed by atoms with E-state index in [4.69, 9.17) is 9.40 Å². The highest BCUT2D eigenvalue weighted by molar-refractivity contribution is 7.19. The number of hydrogen-bond acceptors (Lipinski definition) is 2. The first-order valence-electron chi connectivity index (χ1n) is 13.9. The molecule has 0 spiro atoms. The number of hydrogen-bond donors (Lipinski definition) is 0. The van der Waals surface area contributed by atoms with Gasteiger partial charge in [0.2, 0.25) is 0 Å². The predicted molar refractivity (Wildman–Crippen MR) is 172 cm³/mol. The van der Waals surface area contributed by atoms with Crippen LogP contribution >= 0.6 is 0 Å². The maximum absolute atomic E-state index is 6.05. The topological polar surface area (TPSA) is 30.4 Å². The smallest absolute Gasteiger partial charge is 0.307 e. The first-order chi connectivity index (χ1) is 20.3. The van der Waals surface area contributed by atoms with Crippen molar-refractivity contribution in [1.29, 1.82) is 0 Å². The van der Waals surface area contributed by atoms with Gasteiger partial charge in [0, 0.05) is 0 Å². The molecule has 2 aromatic heterocycles. The highest BCUT2D eigenvalue weighted by Gasteiger charge is 2.41. The number of fused-ring (bicyclic) bond motifs is 5. The molecule has 8 rings (SSSR count). The second kappa shape index (κ2) is 9.47. The maximum Gasteiger partial charge on any atom is 0.307 e. The summed E-state index contributed by atoms with van der Waals surface area (Å²) in [6, 6.07) is 56.9. The number of benzene rings is 6. The van der Waals surface area contributed by atoms with E-state index >= 15 is 0 Å².